The second-order valence-corrected chi connectivity index (χ2v) is 3.60. The highest BCUT2D eigenvalue weighted by atomic mass is 16.5. The molecular weight excluding hydrogens is 204 g/mol. The maximum absolute atomic E-state index is 5.43. The lowest BCUT2D eigenvalue weighted by atomic mass is 10.1. The Bertz CT molecular complexity index is 340. The third-order valence-electron chi connectivity index (χ3n) is 2.48. The number of nitrogens with one attached hydrogen (secondary N) is 1. The number of benzene rings is 1. The molecule has 0 aliphatic rings. The molecule has 0 saturated carbocycles. The lowest BCUT2D eigenvalue weighted by Crippen LogP contribution is -2.22. The Morgan fingerprint density at radius 3 is 2.38 bits per heavy atom. The van der Waals surface area contributed by atoms with Crippen LogP contribution in [-0.4, -0.2) is 27.3 Å². The molecule has 1 aromatic rings. The van der Waals surface area contributed by atoms with Gasteiger partial charge in [0.15, 0.2) is 11.5 Å². The molecule has 0 fully saturated rings. The van der Waals surface area contributed by atoms with Crippen molar-refractivity contribution in [2.45, 2.75) is 13.5 Å². The second-order valence-electron chi connectivity index (χ2n) is 3.60. The summed E-state index contributed by atoms with van der Waals surface area (Å²) in [5.74, 6) is 1.53. The van der Waals surface area contributed by atoms with Crippen LogP contribution in [0.4, 0.5) is 0 Å². The number of aryl methyl sites for hydroxylation is 1. The molecule has 0 aliphatic heterocycles. The first-order chi connectivity index (χ1) is 7.72. The molecule has 0 radical (unpaired) electrons. The highest BCUT2D eigenvalue weighted by Crippen LogP contribution is 2.30. The first-order valence-corrected chi connectivity index (χ1v) is 5.35. The van der Waals surface area contributed by atoms with Gasteiger partial charge in [-0.15, -0.1) is 0 Å². The Hall–Kier alpha value is -1.26. The Morgan fingerprint density at radius 1 is 1.19 bits per heavy atom. The van der Waals surface area contributed by atoms with Crippen LogP contribution in [0, 0.1) is 6.92 Å². The van der Waals surface area contributed by atoms with Gasteiger partial charge in [0.2, 0.25) is 0 Å². The van der Waals surface area contributed by atoms with Crippen molar-refractivity contribution >= 4 is 0 Å². The summed E-state index contributed by atoms with van der Waals surface area (Å²) >= 11 is 0. The van der Waals surface area contributed by atoms with Crippen molar-refractivity contribution in [2.75, 3.05) is 27.3 Å². The quantitative estimate of drug-likeness (QED) is 0.709. The standard InChI is InChI=1S/C12H20N2O2/c1-9-6-11(15-2)12(16-3)7-10(9)8-14-5-4-13/h6-7,14H,4-5,8,13H2,1-3H3. The van der Waals surface area contributed by atoms with E-state index in [4.69, 9.17) is 15.2 Å². The zero-order valence-corrected chi connectivity index (χ0v) is 10.2. The van der Waals surface area contributed by atoms with Crippen LogP contribution < -0.4 is 20.5 Å². The number of nitrogens with two attached hydrogens (primary N) is 1. The summed E-state index contributed by atoms with van der Waals surface area (Å²) in [6, 6.07) is 3.98. The van der Waals surface area contributed by atoms with Crippen molar-refractivity contribution in [1.29, 1.82) is 0 Å². The SMILES string of the molecule is COc1cc(C)c(CNCCN)cc1OC. The topological polar surface area (TPSA) is 56.5 Å². The lowest BCUT2D eigenvalue weighted by molar-refractivity contribution is 0.354. The normalized spacial score (nSPS) is 10.2. The molecule has 1 rings (SSSR count). The monoisotopic (exact) mass is 224 g/mol. The van der Waals surface area contributed by atoms with Gasteiger partial charge in [0, 0.05) is 19.6 Å². The molecule has 0 amide bonds. The van der Waals surface area contributed by atoms with E-state index in [1.807, 2.05) is 12.1 Å². The van der Waals surface area contributed by atoms with Crippen LogP contribution in [-0.2, 0) is 6.54 Å². The largest absolute Gasteiger partial charge is 0.493 e. The van der Waals surface area contributed by atoms with Crippen LogP contribution in [0.3, 0.4) is 0 Å². The minimum Gasteiger partial charge on any atom is -0.493 e. The Morgan fingerprint density at radius 2 is 1.81 bits per heavy atom. The Labute approximate surface area is 96.7 Å². The van der Waals surface area contributed by atoms with Gasteiger partial charge in [-0.05, 0) is 30.2 Å². The number of methoxy groups -OCH3 is 2. The van der Waals surface area contributed by atoms with Crippen molar-refractivity contribution in [3.05, 3.63) is 23.3 Å². The van der Waals surface area contributed by atoms with Crippen LogP contribution in [0.15, 0.2) is 12.1 Å². The van der Waals surface area contributed by atoms with Gasteiger partial charge in [-0.1, -0.05) is 0 Å². The minimum atomic E-state index is 0.645. The van der Waals surface area contributed by atoms with E-state index in [2.05, 4.69) is 12.2 Å². The molecule has 0 aromatic heterocycles. The molecule has 3 N–H and O–H groups in total. The molecule has 0 saturated heterocycles. The van der Waals surface area contributed by atoms with Gasteiger partial charge >= 0.3 is 0 Å². The Kier molecular flexibility index (Phi) is 5.08. The number of rotatable bonds is 6. The highest BCUT2D eigenvalue weighted by molar-refractivity contribution is 5.46. The van der Waals surface area contributed by atoms with Crippen molar-refractivity contribution in [1.82, 2.24) is 5.32 Å². The van der Waals surface area contributed by atoms with Gasteiger partial charge in [0.25, 0.3) is 0 Å². The zero-order valence-electron chi connectivity index (χ0n) is 10.2. The molecule has 4 nitrogen and oxygen atoms in total. The molecule has 0 heterocycles. The van der Waals surface area contributed by atoms with Crippen molar-refractivity contribution in [3.63, 3.8) is 0 Å². The molecular formula is C12H20N2O2. The van der Waals surface area contributed by atoms with E-state index < -0.39 is 0 Å². The summed E-state index contributed by atoms with van der Waals surface area (Å²) in [5.41, 5.74) is 7.81. The number of hydrogen-bond acceptors (Lipinski definition) is 4. The Balaban J connectivity index is 2.84. The summed E-state index contributed by atoms with van der Waals surface area (Å²) in [6.45, 7) is 4.31. The predicted octanol–water partition coefficient (Wildman–Crippen LogP) is 1.06. The number of hydrogen-bond donors (Lipinski definition) is 2. The van der Waals surface area contributed by atoms with E-state index in [9.17, 15) is 0 Å². The first-order valence-electron chi connectivity index (χ1n) is 5.35. The van der Waals surface area contributed by atoms with Crippen molar-refractivity contribution in [2.24, 2.45) is 5.73 Å². The number of ether oxygens (including phenoxy) is 2. The summed E-state index contributed by atoms with van der Waals surface area (Å²) < 4.78 is 10.5. The van der Waals surface area contributed by atoms with E-state index in [1.165, 1.54) is 11.1 Å². The van der Waals surface area contributed by atoms with Crippen molar-refractivity contribution in [3.8, 4) is 11.5 Å². The molecule has 90 valence electrons. The van der Waals surface area contributed by atoms with Gasteiger partial charge in [0.05, 0.1) is 14.2 Å². The molecule has 0 aliphatic carbocycles. The van der Waals surface area contributed by atoms with Crippen LogP contribution >= 0.6 is 0 Å². The second kappa shape index (κ2) is 6.35. The maximum Gasteiger partial charge on any atom is 0.161 e. The summed E-state index contributed by atoms with van der Waals surface area (Å²) in [4.78, 5) is 0. The van der Waals surface area contributed by atoms with E-state index in [0.29, 0.717) is 6.54 Å². The van der Waals surface area contributed by atoms with Gasteiger partial charge in [-0.2, -0.15) is 0 Å². The zero-order chi connectivity index (χ0) is 12.0. The molecule has 0 bridgehead atoms. The average molecular weight is 224 g/mol. The fourth-order valence-electron chi connectivity index (χ4n) is 1.54. The molecule has 0 atom stereocenters. The van der Waals surface area contributed by atoms with E-state index >= 15 is 0 Å². The first kappa shape index (κ1) is 12.8. The lowest BCUT2D eigenvalue weighted by Gasteiger charge is -2.13. The fraction of sp³-hybridized carbons (Fsp3) is 0.500. The predicted molar refractivity (Wildman–Crippen MR) is 65.0 cm³/mol. The van der Waals surface area contributed by atoms with E-state index in [-0.39, 0.29) is 0 Å². The third kappa shape index (κ3) is 3.12. The summed E-state index contributed by atoms with van der Waals surface area (Å²) in [6.07, 6.45) is 0. The third-order valence-corrected chi connectivity index (χ3v) is 2.48. The summed E-state index contributed by atoms with van der Waals surface area (Å²) in [5, 5.41) is 3.26. The van der Waals surface area contributed by atoms with Crippen LogP contribution in [0.25, 0.3) is 0 Å². The highest BCUT2D eigenvalue weighted by Gasteiger charge is 2.07. The van der Waals surface area contributed by atoms with Crippen molar-refractivity contribution < 1.29 is 9.47 Å². The van der Waals surface area contributed by atoms with Gasteiger partial charge in [-0.25, -0.2) is 0 Å². The molecule has 1 aromatic carbocycles. The fourth-order valence-corrected chi connectivity index (χ4v) is 1.54. The van der Waals surface area contributed by atoms with E-state index in [0.717, 1.165) is 24.6 Å². The minimum absolute atomic E-state index is 0.645. The van der Waals surface area contributed by atoms with Gasteiger partial charge < -0.3 is 20.5 Å². The van der Waals surface area contributed by atoms with Crippen LogP contribution in [0.2, 0.25) is 0 Å². The average Bonchev–Trinajstić information content (AvgIpc) is 2.31. The summed E-state index contributed by atoms with van der Waals surface area (Å²) in [7, 11) is 3.29. The smallest absolute Gasteiger partial charge is 0.161 e. The molecule has 0 spiro atoms. The molecule has 16 heavy (non-hydrogen) atoms. The van der Waals surface area contributed by atoms with Gasteiger partial charge in [0.1, 0.15) is 0 Å². The maximum atomic E-state index is 5.43. The van der Waals surface area contributed by atoms with Crippen LogP contribution in [0.1, 0.15) is 11.1 Å². The molecule has 4 heteroatoms. The van der Waals surface area contributed by atoms with Gasteiger partial charge in [-0.3, -0.25) is 0 Å². The molecule has 0 unspecified atom stereocenters. The van der Waals surface area contributed by atoms with Crippen LogP contribution in [0.5, 0.6) is 11.5 Å². The van der Waals surface area contributed by atoms with E-state index in [1.54, 1.807) is 14.2 Å².